The van der Waals surface area contributed by atoms with Crippen LogP contribution >= 0.6 is 12.2 Å². The molecule has 1 nitrogen and oxygen atoms in total. The summed E-state index contributed by atoms with van der Waals surface area (Å²) >= 11 is 4.40. The Morgan fingerprint density at radius 1 is 1.86 bits per heavy atom. The van der Waals surface area contributed by atoms with Crippen molar-refractivity contribution in [1.29, 1.82) is 0 Å². The Labute approximate surface area is 48.0 Å². The average molecular weight is 114 g/mol. The van der Waals surface area contributed by atoms with Gasteiger partial charge in [0.2, 0.25) is 0 Å². The summed E-state index contributed by atoms with van der Waals surface area (Å²) < 4.78 is 0. The first-order chi connectivity index (χ1) is 3.31. The highest BCUT2D eigenvalue weighted by atomic mass is 32.1. The molecule has 0 N–H and O–H groups in total. The van der Waals surface area contributed by atoms with E-state index in [-0.39, 0.29) is 5.78 Å². The molecule has 0 rings (SSSR count). The average Bonchev–Trinajstić information content (AvgIpc) is 1.68. The molecular formula is C5H6OS. The lowest BCUT2D eigenvalue weighted by molar-refractivity contribution is -0.113. The first-order valence-electron chi connectivity index (χ1n) is 1.90. The molecule has 0 aromatic rings. The van der Waals surface area contributed by atoms with Crippen molar-refractivity contribution in [3.05, 3.63) is 12.7 Å². The molecule has 0 bridgehead atoms. The Bertz CT molecular complexity index is 96.3. The minimum Gasteiger partial charge on any atom is -0.295 e. The monoisotopic (exact) mass is 114 g/mol. The minimum absolute atomic E-state index is 0.0185. The summed E-state index contributed by atoms with van der Waals surface area (Å²) in [6.07, 6.45) is 1.60. The molecule has 0 spiro atoms. The van der Waals surface area contributed by atoms with Crippen LogP contribution in [0.5, 0.6) is 0 Å². The van der Waals surface area contributed by atoms with Crippen LogP contribution in [-0.2, 0) is 4.79 Å². The molecule has 7 heavy (non-hydrogen) atoms. The van der Waals surface area contributed by atoms with Crippen molar-refractivity contribution in [2.75, 3.05) is 0 Å². The van der Waals surface area contributed by atoms with Crippen LogP contribution in [0.25, 0.3) is 0 Å². The molecule has 38 valence electrons. The SMILES string of the molecule is C=CC(=O)CC=S. The zero-order chi connectivity index (χ0) is 5.70. The summed E-state index contributed by atoms with van der Waals surface area (Å²) in [6.45, 7) is 3.26. The quantitative estimate of drug-likeness (QED) is 0.404. The van der Waals surface area contributed by atoms with E-state index >= 15 is 0 Å². The summed E-state index contributed by atoms with van der Waals surface area (Å²) in [5.41, 5.74) is 0. The molecule has 0 aromatic carbocycles. The zero-order valence-corrected chi connectivity index (χ0v) is 4.70. The van der Waals surface area contributed by atoms with E-state index in [1.165, 1.54) is 11.4 Å². The Hall–Kier alpha value is -0.500. The first kappa shape index (κ1) is 6.50. The summed E-state index contributed by atoms with van der Waals surface area (Å²) in [5.74, 6) is -0.0185. The fourth-order valence-electron chi connectivity index (χ4n) is 0.165. The molecule has 0 aliphatic rings. The number of allylic oxidation sites excluding steroid dienone is 1. The van der Waals surface area contributed by atoms with Crippen molar-refractivity contribution < 1.29 is 4.79 Å². The maximum Gasteiger partial charge on any atom is 0.159 e. The highest BCUT2D eigenvalue weighted by molar-refractivity contribution is 7.79. The smallest absolute Gasteiger partial charge is 0.159 e. The third-order valence-corrected chi connectivity index (χ3v) is 0.679. The topological polar surface area (TPSA) is 17.1 Å². The highest BCUT2D eigenvalue weighted by Crippen LogP contribution is 1.77. The third-order valence-electron chi connectivity index (χ3n) is 0.512. The van der Waals surface area contributed by atoms with Crippen molar-refractivity contribution in [2.24, 2.45) is 0 Å². The summed E-state index contributed by atoms with van der Waals surface area (Å²) in [4.78, 5) is 10.2. The fourth-order valence-corrected chi connectivity index (χ4v) is 0.330. The predicted molar refractivity (Wildman–Crippen MR) is 33.5 cm³/mol. The molecule has 0 atom stereocenters. The van der Waals surface area contributed by atoms with Gasteiger partial charge in [-0.1, -0.05) is 18.8 Å². The van der Waals surface area contributed by atoms with Crippen LogP contribution in [-0.4, -0.2) is 11.2 Å². The Balaban J connectivity index is 3.36. The van der Waals surface area contributed by atoms with Crippen molar-refractivity contribution >= 4 is 23.4 Å². The lowest BCUT2D eigenvalue weighted by Gasteiger charge is -1.77. The van der Waals surface area contributed by atoms with Gasteiger partial charge >= 0.3 is 0 Å². The van der Waals surface area contributed by atoms with Crippen molar-refractivity contribution in [1.82, 2.24) is 0 Å². The Kier molecular flexibility index (Phi) is 3.42. The number of hydrogen-bond acceptors (Lipinski definition) is 2. The van der Waals surface area contributed by atoms with E-state index in [2.05, 4.69) is 18.8 Å². The Morgan fingerprint density at radius 2 is 2.43 bits per heavy atom. The van der Waals surface area contributed by atoms with Gasteiger partial charge in [0.25, 0.3) is 0 Å². The van der Waals surface area contributed by atoms with E-state index in [1.54, 1.807) is 0 Å². The van der Waals surface area contributed by atoms with Crippen LogP contribution in [0.2, 0.25) is 0 Å². The van der Waals surface area contributed by atoms with Gasteiger partial charge in [0.05, 0.1) is 0 Å². The van der Waals surface area contributed by atoms with Crippen LogP contribution in [0, 0.1) is 0 Å². The van der Waals surface area contributed by atoms with Gasteiger partial charge in [-0.15, -0.1) is 0 Å². The predicted octanol–water partition coefficient (Wildman–Crippen LogP) is 1.13. The van der Waals surface area contributed by atoms with Gasteiger partial charge in [0, 0.05) is 6.42 Å². The van der Waals surface area contributed by atoms with Crippen LogP contribution in [0.15, 0.2) is 12.7 Å². The first-order valence-corrected chi connectivity index (χ1v) is 2.37. The van der Waals surface area contributed by atoms with Gasteiger partial charge in [-0.2, -0.15) is 0 Å². The van der Waals surface area contributed by atoms with Gasteiger partial charge in [0.15, 0.2) is 5.78 Å². The maximum atomic E-state index is 10.2. The number of carbonyl (C=O) groups is 1. The third kappa shape index (κ3) is 3.33. The lowest BCUT2D eigenvalue weighted by atomic mass is 10.3. The van der Waals surface area contributed by atoms with E-state index in [0.29, 0.717) is 6.42 Å². The molecule has 0 saturated heterocycles. The molecule has 0 aliphatic heterocycles. The number of ketones is 1. The normalized spacial score (nSPS) is 7.43. The van der Waals surface area contributed by atoms with Gasteiger partial charge in [-0.25, -0.2) is 0 Å². The van der Waals surface area contributed by atoms with E-state index in [1.807, 2.05) is 0 Å². The minimum atomic E-state index is -0.0185. The zero-order valence-electron chi connectivity index (χ0n) is 3.89. The Morgan fingerprint density at radius 3 is 2.57 bits per heavy atom. The van der Waals surface area contributed by atoms with Gasteiger partial charge in [0.1, 0.15) is 0 Å². The van der Waals surface area contributed by atoms with Crippen LogP contribution in [0.4, 0.5) is 0 Å². The van der Waals surface area contributed by atoms with Gasteiger partial charge in [-0.3, -0.25) is 4.79 Å². The number of hydrogen-bond donors (Lipinski definition) is 0. The second-order valence-corrected chi connectivity index (χ2v) is 1.37. The number of carbonyl (C=O) groups excluding carboxylic acids is 1. The van der Waals surface area contributed by atoms with E-state index < -0.39 is 0 Å². The van der Waals surface area contributed by atoms with E-state index in [9.17, 15) is 4.79 Å². The van der Waals surface area contributed by atoms with Crippen LogP contribution < -0.4 is 0 Å². The largest absolute Gasteiger partial charge is 0.295 e. The van der Waals surface area contributed by atoms with Crippen molar-refractivity contribution in [3.8, 4) is 0 Å². The lowest BCUT2D eigenvalue weighted by Crippen LogP contribution is -1.88. The van der Waals surface area contributed by atoms with Gasteiger partial charge < -0.3 is 0 Å². The molecule has 0 fully saturated rings. The van der Waals surface area contributed by atoms with E-state index in [0.717, 1.165) is 0 Å². The van der Waals surface area contributed by atoms with Crippen LogP contribution in [0.1, 0.15) is 6.42 Å². The molecular weight excluding hydrogens is 108 g/mol. The van der Waals surface area contributed by atoms with E-state index in [4.69, 9.17) is 0 Å². The van der Waals surface area contributed by atoms with Gasteiger partial charge in [-0.05, 0) is 11.4 Å². The number of rotatable bonds is 3. The maximum absolute atomic E-state index is 10.2. The second-order valence-electron chi connectivity index (χ2n) is 1.04. The molecule has 0 heterocycles. The molecule has 0 aliphatic carbocycles. The molecule has 0 radical (unpaired) electrons. The second kappa shape index (κ2) is 3.68. The van der Waals surface area contributed by atoms with Crippen molar-refractivity contribution in [2.45, 2.75) is 6.42 Å². The molecule has 0 amide bonds. The standard InChI is InChI=1S/C5H6OS/c1-2-5(6)3-4-7/h2,4H,1,3H2. The molecule has 0 unspecified atom stereocenters. The fraction of sp³-hybridized carbons (Fsp3) is 0.200. The van der Waals surface area contributed by atoms with Crippen molar-refractivity contribution in [3.63, 3.8) is 0 Å². The molecule has 0 saturated carbocycles. The van der Waals surface area contributed by atoms with Crippen LogP contribution in [0.3, 0.4) is 0 Å². The summed E-state index contributed by atoms with van der Waals surface area (Å²) in [7, 11) is 0. The molecule has 0 aromatic heterocycles. The highest BCUT2D eigenvalue weighted by Gasteiger charge is 1.85. The summed E-state index contributed by atoms with van der Waals surface area (Å²) in [6, 6.07) is 0. The summed E-state index contributed by atoms with van der Waals surface area (Å²) in [5, 5.41) is 1.39. The number of thiocarbonyl (C=S) groups is 1. The molecule has 2 heteroatoms.